The van der Waals surface area contributed by atoms with Crippen molar-refractivity contribution in [2.45, 2.75) is 117 Å². The first-order chi connectivity index (χ1) is 21.6. The van der Waals surface area contributed by atoms with Crippen molar-refractivity contribution in [2.75, 3.05) is 26.4 Å². The van der Waals surface area contributed by atoms with Crippen LogP contribution < -0.4 is 9.47 Å². The van der Waals surface area contributed by atoms with Gasteiger partial charge in [0, 0.05) is 21.5 Å². The van der Waals surface area contributed by atoms with Crippen LogP contribution in [0.25, 0.3) is 21.5 Å². The van der Waals surface area contributed by atoms with Crippen LogP contribution in [0, 0.1) is 0 Å². The van der Waals surface area contributed by atoms with Gasteiger partial charge in [0.15, 0.2) is 13.2 Å². The molecule has 0 aromatic heterocycles. The van der Waals surface area contributed by atoms with E-state index in [-0.39, 0.29) is 25.2 Å². The Bertz CT molecular complexity index is 1280. The number of hydrogen-bond donors (Lipinski definition) is 0. The van der Waals surface area contributed by atoms with Crippen molar-refractivity contribution < 1.29 is 28.5 Å². The Hall–Kier alpha value is -3.28. The molecule has 0 bridgehead atoms. The molecule has 0 atom stereocenters. The van der Waals surface area contributed by atoms with Gasteiger partial charge in [0.25, 0.3) is 0 Å². The monoisotopic (exact) mass is 606 g/mol. The van der Waals surface area contributed by atoms with Gasteiger partial charge in [-0.3, -0.25) is 0 Å². The molecule has 0 aliphatic rings. The molecule has 6 nitrogen and oxygen atoms in total. The summed E-state index contributed by atoms with van der Waals surface area (Å²) in [6, 6.07) is 14.0. The van der Waals surface area contributed by atoms with Gasteiger partial charge in [-0.25, -0.2) is 9.59 Å². The van der Waals surface area contributed by atoms with Crippen LogP contribution in [0.3, 0.4) is 0 Å². The number of carbonyl (C=O) groups excluding carboxylic acids is 2. The highest BCUT2D eigenvalue weighted by Gasteiger charge is 2.20. The summed E-state index contributed by atoms with van der Waals surface area (Å²) >= 11 is 0. The predicted molar refractivity (Wildman–Crippen MR) is 180 cm³/mol. The zero-order chi connectivity index (χ0) is 31.4. The van der Waals surface area contributed by atoms with Crippen molar-refractivity contribution in [1.29, 1.82) is 0 Å². The fourth-order valence-electron chi connectivity index (χ4n) is 5.58. The molecule has 0 N–H and O–H groups in total. The molecule has 0 saturated carbocycles. The largest absolute Gasteiger partial charge is 0.481 e. The number of aryl methyl sites for hydroxylation is 1. The van der Waals surface area contributed by atoms with E-state index in [0.717, 1.165) is 72.1 Å². The summed E-state index contributed by atoms with van der Waals surface area (Å²) in [5, 5.41) is 3.44. The summed E-state index contributed by atoms with van der Waals surface area (Å²) in [5.74, 6) is 0.543. The van der Waals surface area contributed by atoms with Crippen molar-refractivity contribution in [3.8, 4) is 11.5 Å². The lowest BCUT2D eigenvalue weighted by Crippen LogP contribution is -2.17. The SMILES string of the molecule is CCCCCCCCOC(=O)COc1c2ccccc2c(OCC(=O)OCCCCCCCC)c2c(CCCC)cccc12. The average molecular weight is 607 g/mol. The minimum atomic E-state index is -0.369. The molecule has 0 fully saturated rings. The number of ether oxygens (including phenoxy) is 4. The molecule has 3 aromatic rings. The van der Waals surface area contributed by atoms with E-state index in [9.17, 15) is 9.59 Å². The Morgan fingerprint density at radius 2 is 1.00 bits per heavy atom. The highest BCUT2D eigenvalue weighted by atomic mass is 16.6. The van der Waals surface area contributed by atoms with Crippen LogP contribution in [0.1, 0.15) is 116 Å². The van der Waals surface area contributed by atoms with Gasteiger partial charge < -0.3 is 18.9 Å². The van der Waals surface area contributed by atoms with Crippen molar-refractivity contribution in [3.05, 3.63) is 48.0 Å². The molecular formula is C38H54O6. The number of unbranched alkanes of at least 4 members (excludes halogenated alkanes) is 11. The fourth-order valence-corrected chi connectivity index (χ4v) is 5.58. The van der Waals surface area contributed by atoms with E-state index in [1.165, 1.54) is 51.4 Å². The first kappa shape index (κ1) is 35.2. The van der Waals surface area contributed by atoms with E-state index in [2.05, 4.69) is 26.8 Å². The third kappa shape index (κ3) is 11.3. The number of esters is 2. The summed E-state index contributed by atoms with van der Waals surface area (Å²) in [7, 11) is 0. The highest BCUT2D eigenvalue weighted by molar-refractivity contribution is 6.12. The molecule has 242 valence electrons. The second kappa shape index (κ2) is 20.6. The van der Waals surface area contributed by atoms with Gasteiger partial charge in [-0.1, -0.05) is 134 Å². The molecule has 0 heterocycles. The van der Waals surface area contributed by atoms with Crippen LogP contribution in [-0.2, 0) is 25.5 Å². The van der Waals surface area contributed by atoms with Gasteiger partial charge in [0.2, 0.25) is 0 Å². The van der Waals surface area contributed by atoms with E-state index in [4.69, 9.17) is 18.9 Å². The van der Waals surface area contributed by atoms with Crippen LogP contribution in [0.5, 0.6) is 11.5 Å². The molecule has 44 heavy (non-hydrogen) atoms. The van der Waals surface area contributed by atoms with Gasteiger partial charge >= 0.3 is 11.9 Å². The van der Waals surface area contributed by atoms with Gasteiger partial charge in [0.1, 0.15) is 11.5 Å². The number of carbonyl (C=O) groups is 2. The predicted octanol–water partition coefficient (Wildman–Crippen LogP) is 9.90. The maximum absolute atomic E-state index is 12.7. The van der Waals surface area contributed by atoms with Gasteiger partial charge in [-0.15, -0.1) is 0 Å². The molecule has 3 rings (SSSR count). The summed E-state index contributed by atoms with van der Waals surface area (Å²) < 4.78 is 23.5. The molecular weight excluding hydrogens is 552 g/mol. The summed E-state index contributed by atoms with van der Waals surface area (Å²) in [6.07, 6.45) is 16.6. The summed E-state index contributed by atoms with van der Waals surface area (Å²) in [5.41, 5.74) is 1.13. The lowest BCUT2D eigenvalue weighted by atomic mass is 9.94. The van der Waals surface area contributed by atoms with E-state index in [1.807, 2.05) is 36.4 Å². The molecule has 0 aliphatic carbocycles. The van der Waals surface area contributed by atoms with Gasteiger partial charge in [0.05, 0.1) is 13.2 Å². The number of fused-ring (bicyclic) bond motifs is 2. The third-order valence-electron chi connectivity index (χ3n) is 8.03. The third-order valence-corrected chi connectivity index (χ3v) is 8.03. The van der Waals surface area contributed by atoms with Crippen molar-refractivity contribution in [2.24, 2.45) is 0 Å². The standard InChI is InChI=1S/C38H54O6/c1-4-7-10-12-14-18-26-41-34(39)28-43-37-31-23-16-17-24-32(31)38(36-30(21-9-6-3)22-20-25-33(36)37)44-29-35(40)42-27-19-15-13-11-8-5-2/h16-17,20,22-25H,4-15,18-19,21,26-29H2,1-3H3. The molecule has 0 radical (unpaired) electrons. The molecule has 0 spiro atoms. The van der Waals surface area contributed by atoms with Crippen LogP contribution in [-0.4, -0.2) is 38.4 Å². The van der Waals surface area contributed by atoms with Crippen molar-refractivity contribution >= 4 is 33.5 Å². The van der Waals surface area contributed by atoms with Crippen LogP contribution in [0.2, 0.25) is 0 Å². The topological polar surface area (TPSA) is 71.1 Å². The Morgan fingerprint density at radius 3 is 1.57 bits per heavy atom. The fraction of sp³-hybridized carbons (Fsp3) is 0.579. The first-order valence-electron chi connectivity index (χ1n) is 17.1. The van der Waals surface area contributed by atoms with Gasteiger partial charge in [-0.2, -0.15) is 0 Å². The zero-order valence-corrected chi connectivity index (χ0v) is 27.4. The second-order valence-corrected chi connectivity index (χ2v) is 11.7. The van der Waals surface area contributed by atoms with Crippen LogP contribution in [0.15, 0.2) is 42.5 Å². The van der Waals surface area contributed by atoms with E-state index in [0.29, 0.717) is 24.7 Å². The molecule has 3 aromatic carbocycles. The minimum Gasteiger partial charge on any atom is -0.481 e. The van der Waals surface area contributed by atoms with E-state index < -0.39 is 0 Å². The molecule has 0 saturated heterocycles. The number of hydrogen-bond acceptors (Lipinski definition) is 6. The van der Waals surface area contributed by atoms with Crippen molar-refractivity contribution in [1.82, 2.24) is 0 Å². The zero-order valence-electron chi connectivity index (χ0n) is 27.4. The minimum absolute atomic E-state index is 0.165. The lowest BCUT2D eigenvalue weighted by molar-refractivity contribution is -0.147. The molecule has 6 heteroatoms. The molecule has 0 unspecified atom stereocenters. The van der Waals surface area contributed by atoms with Crippen LogP contribution in [0.4, 0.5) is 0 Å². The van der Waals surface area contributed by atoms with Crippen molar-refractivity contribution in [3.63, 3.8) is 0 Å². The maximum Gasteiger partial charge on any atom is 0.344 e. The number of rotatable bonds is 23. The smallest absolute Gasteiger partial charge is 0.344 e. The Labute approximate surface area is 264 Å². The first-order valence-corrected chi connectivity index (χ1v) is 17.1. The second-order valence-electron chi connectivity index (χ2n) is 11.7. The normalized spacial score (nSPS) is 11.2. The average Bonchev–Trinajstić information content (AvgIpc) is 3.04. The van der Waals surface area contributed by atoms with Gasteiger partial charge in [-0.05, 0) is 31.2 Å². The highest BCUT2D eigenvalue weighted by Crippen LogP contribution is 2.44. The Kier molecular flexibility index (Phi) is 16.5. The van der Waals surface area contributed by atoms with E-state index >= 15 is 0 Å². The quantitative estimate of drug-likeness (QED) is 0.0608. The molecule has 0 aliphatic heterocycles. The Morgan fingerprint density at radius 1 is 0.523 bits per heavy atom. The summed E-state index contributed by atoms with van der Waals surface area (Å²) in [6.45, 7) is 7.08. The number of benzene rings is 3. The summed E-state index contributed by atoms with van der Waals surface area (Å²) in [4.78, 5) is 25.3. The van der Waals surface area contributed by atoms with Crippen LogP contribution >= 0.6 is 0 Å². The molecule has 0 amide bonds. The maximum atomic E-state index is 12.7. The lowest BCUT2D eigenvalue weighted by Gasteiger charge is -2.19. The van der Waals surface area contributed by atoms with E-state index in [1.54, 1.807) is 0 Å². The Balaban J connectivity index is 1.75.